The SMILES string of the molecule is CCNc1nc(Nc2ccc(Br)c(F)c2)c(F)cc1F. The molecule has 0 atom stereocenters. The second kappa shape index (κ2) is 6.13. The summed E-state index contributed by atoms with van der Waals surface area (Å²) in [5.41, 5.74) is 0.311. The number of rotatable bonds is 4. The topological polar surface area (TPSA) is 37.0 Å². The highest BCUT2D eigenvalue weighted by molar-refractivity contribution is 9.10. The molecule has 1 aromatic heterocycles. The number of benzene rings is 1. The molecule has 2 N–H and O–H groups in total. The molecule has 0 aliphatic rings. The smallest absolute Gasteiger partial charge is 0.169 e. The fraction of sp³-hybridized carbons (Fsp3) is 0.154. The van der Waals surface area contributed by atoms with Crippen molar-refractivity contribution in [2.45, 2.75) is 6.92 Å². The van der Waals surface area contributed by atoms with Gasteiger partial charge in [0.2, 0.25) is 0 Å². The molecular formula is C13H11BrF3N3. The molecule has 0 fully saturated rings. The second-order valence-electron chi connectivity index (χ2n) is 3.93. The van der Waals surface area contributed by atoms with Crippen LogP contribution < -0.4 is 10.6 Å². The summed E-state index contributed by atoms with van der Waals surface area (Å²) in [6.07, 6.45) is 0. The van der Waals surface area contributed by atoms with Crippen LogP contribution in [-0.2, 0) is 0 Å². The molecule has 0 amide bonds. The Morgan fingerprint density at radius 1 is 1.05 bits per heavy atom. The van der Waals surface area contributed by atoms with Gasteiger partial charge in [0, 0.05) is 18.3 Å². The number of nitrogens with one attached hydrogen (secondary N) is 2. The van der Waals surface area contributed by atoms with Crippen molar-refractivity contribution >= 4 is 33.3 Å². The molecule has 3 nitrogen and oxygen atoms in total. The molecule has 0 saturated heterocycles. The highest BCUT2D eigenvalue weighted by Crippen LogP contribution is 2.25. The summed E-state index contributed by atoms with van der Waals surface area (Å²) < 4.78 is 40.7. The molecule has 0 radical (unpaired) electrons. The van der Waals surface area contributed by atoms with Crippen LogP contribution in [0.3, 0.4) is 0 Å². The van der Waals surface area contributed by atoms with Gasteiger partial charge in [-0.05, 0) is 41.1 Å². The van der Waals surface area contributed by atoms with E-state index in [0.717, 1.165) is 6.07 Å². The molecule has 106 valence electrons. The third-order valence-electron chi connectivity index (χ3n) is 2.46. The van der Waals surface area contributed by atoms with E-state index in [1.807, 2.05) is 0 Å². The van der Waals surface area contributed by atoms with Crippen LogP contribution in [0.5, 0.6) is 0 Å². The maximum Gasteiger partial charge on any atom is 0.169 e. The van der Waals surface area contributed by atoms with Gasteiger partial charge in [-0.3, -0.25) is 0 Å². The molecule has 2 aromatic rings. The summed E-state index contributed by atoms with van der Waals surface area (Å²) in [6, 6.07) is 4.93. The first-order valence-corrected chi connectivity index (χ1v) is 6.62. The third-order valence-corrected chi connectivity index (χ3v) is 3.10. The van der Waals surface area contributed by atoms with Gasteiger partial charge in [0.25, 0.3) is 0 Å². The molecule has 1 aromatic carbocycles. The standard InChI is InChI=1S/C13H11BrF3N3/c1-2-18-12-10(16)6-11(17)13(20-12)19-7-3-4-8(14)9(15)5-7/h3-6H,2H2,1H3,(H2,18,19,20). The Bertz CT molecular complexity index is 634. The predicted molar refractivity (Wildman–Crippen MR) is 75.7 cm³/mol. The number of pyridine rings is 1. The molecule has 0 saturated carbocycles. The van der Waals surface area contributed by atoms with E-state index in [9.17, 15) is 13.2 Å². The van der Waals surface area contributed by atoms with Crippen molar-refractivity contribution < 1.29 is 13.2 Å². The Morgan fingerprint density at radius 2 is 1.75 bits per heavy atom. The van der Waals surface area contributed by atoms with E-state index in [0.29, 0.717) is 16.7 Å². The van der Waals surface area contributed by atoms with Crippen LogP contribution in [0, 0.1) is 17.5 Å². The largest absolute Gasteiger partial charge is 0.368 e. The Kier molecular flexibility index (Phi) is 4.49. The summed E-state index contributed by atoms with van der Waals surface area (Å²) in [5.74, 6) is -2.37. The molecule has 0 bridgehead atoms. The number of hydrogen-bond acceptors (Lipinski definition) is 3. The highest BCUT2D eigenvalue weighted by atomic mass is 79.9. The Hall–Kier alpha value is -1.76. The molecule has 20 heavy (non-hydrogen) atoms. The van der Waals surface area contributed by atoms with Crippen molar-refractivity contribution in [3.8, 4) is 0 Å². The van der Waals surface area contributed by atoms with Crippen LogP contribution in [-0.4, -0.2) is 11.5 Å². The van der Waals surface area contributed by atoms with Gasteiger partial charge in [-0.2, -0.15) is 0 Å². The first-order valence-electron chi connectivity index (χ1n) is 5.83. The van der Waals surface area contributed by atoms with E-state index in [2.05, 4.69) is 31.5 Å². The minimum atomic E-state index is -0.854. The minimum Gasteiger partial charge on any atom is -0.368 e. The average Bonchev–Trinajstić information content (AvgIpc) is 2.39. The molecule has 0 spiro atoms. The zero-order valence-corrected chi connectivity index (χ0v) is 12.1. The summed E-state index contributed by atoms with van der Waals surface area (Å²) in [7, 11) is 0. The van der Waals surface area contributed by atoms with E-state index in [1.165, 1.54) is 12.1 Å². The molecule has 2 rings (SSSR count). The Labute approximate surface area is 122 Å². The Balaban J connectivity index is 2.32. The van der Waals surface area contributed by atoms with Gasteiger partial charge in [-0.15, -0.1) is 0 Å². The van der Waals surface area contributed by atoms with Gasteiger partial charge in [0.15, 0.2) is 23.3 Å². The van der Waals surface area contributed by atoms with Crippen LogP contribution in [0.4, 0.5) is 30.5 Å². The number of nitrogens with zero attached hydrogens (tertiary/aromatic N) is 1. The van der Waals surface area contributed by atoms with Gasteiger partial charge in [0.1, 0.15) is 5.82 Å². The van der Waals surface area contributed by atoms with Gasteiger partial charge < -0.3 is 10.6 Å². The molecule has 0 aliphatic carbocycles. The summed E-state index contributed by atoms with van der Waals surface area (Å²) in [5, 5.41) is 5.29. The predicted octanol–water partition coefficient (Wildman–Crippen LogP) is 4.44. The van der Waals surface area contributed by atoms with Gasteiger partial charge in [-0.1, -0.05) is 0 Å². The number of anilines is 3. The normalized spacial score (nSPS) is 10.4. The summed E-state index contributed by atoms with van der Waals surface area (Å²) in [6.45, 7) is 2.21. The average molecular weight is 346 g/mol. The lowest BCUT2D eigenvalue weighted by molar-refractivity contribution is 0.579. The number of hydrogen-bond donors (Lipinski definition) is 2. The van der Waals surface area contributed by atoms with Crippen molar-refractivity contribution in [3.05, 3.63) is 46.2 Å². The van der Waals surface area contributed by atoms with Crippen LogP contribution in [0.2, 0.25) is 0 Å². The van der Waals surface area contributed by atoms with Gasteiger partial charge >= 0.3 is 0 Å². The maximum atomic E-state index is 13.6. The minimum absolute atomic E-state index is 0.0611. The molecule has 0 unspecified atom stereocenters. The van der Waals surface area contributed by atoms with Gasteiger partial charge in [-0.25, -0.2) is 18.2 Å². The van der Waals surface area contributed by atoms with Crippen LogP contribution in [0.1, 0.15) is 6.92 Å². The molecule has 1 heterocycles. The lowest BCUT2D eigenvalue weighted by Gasteiger charge is -2.10. The number of aromatic nitrogens is 1. The van der Waals surface area contributed by atoms with Crippen LogP contribution in [0.25, 0.3) is 0 Å². The fourth-order valence-electron chi connectivity index (χ4n) is 1.56. The van der Waals surface area contributed by atoms with Crippen molar-refractivity contribution in [2.24, 2.45) is 0 Å². The Morgan fingerprint density at radius 3 is 2.40 bits per heavy atom. The van der Waals surface area contributed by atoms with Crippen LogP contribution >= 0.6 is 15.9 Å². The van der Waals surface area contributed by atoms with Crippen molar-refractivity contribution in [1.82, 2.24) is 4.98 Å². The molecular weight excluding hydrogens is 335 g/mol. The maximum absolute atomic E-state index is 13.6. The second-order valence-corrected chi connectivity index (χ2v) is 4.79. The first kappa shape index (κ1) is 14.6. The lowest BCUT2D eigenvalue weighted by Crippen LogP contribution is -2.06. The van der Waals surface area contributed by atoms with E-state index in [4.69, 9.17) is 0 Å². The fourth-order valence-corrected chi connectivity index (χ4v) is 1.80. The molecule has 7 heteroatoms. The lowest BCUT2D eigenvalue weighted by atomic mass is 10.3. The third kappa shape index (κ3) is 3.22. The monoisotopic (exact) mass is 345 g/mol. The van der Waals surface area contributed by atoms with Crippen molar-refractivity contribution in [1.29, 1.82) is 0 Å². The van der Waals surface area contributed by atoms with E-state index in [-0.39, 0.29) is 11.6 Å². The van der Waals surface area contributed by atoms with Crippen molar-refractivity contribution in [2.75, 3.05) is 17.2 Å². The highest BCUT2D eigenvalue weighted by Gasteiger charge is 2.12. The molecule has 0 aliphatic heterocycles. The summed E-state index contributed by atoms with van der Waals surface area (Å²) in [4.78, 5) is 3.80. The van der Waals surface area contributed by atoms with Gasteiger partial charge in [0.05, 0.1) is 4.47 Å². The van der Waals surface area contributed by atoms with E-state index >= 15 is 0 Å². The first-order chi connectivity index (χ1) is 9.51. The number of halogens is 4. The summed E-state index contributed by atoms with van der Waals surface area (Å²) >= 11 is 3.02. The van der Waals surface area contributed by atoms with E-state index < -0.39 is 17.5 Å². The van der Waals surface area contributed by atoms with Crippen molar-refractivity contribution in [3.63, 3.8) is 0 Å². The zero-order valence-electron chi connectivity index (χ0n) is 10.5. The zero-order chi connectivity index (χ0) is 14.7. The van der Waals surface area contributed by atoms with Crippen LogP contribution in [0.15, 0.2) is 28.7 Å². The van der Waals surface area contributed by atoms with E-state index in [1.54, 1.807) is 13.0 Å². The quantitative estimate of drug-likeness (QED) is 0.860.